The largest absolute Gasteiger partial charge is 0.493 e. The third-order valence-corrected chi connectivity index (χ3v) is 5.98. The van der Waals surface area contributed by atoms with E-state index in [1.54, 1.807) is 21.3 Å². The second-order valence-electron chi connectivity index (χ2n) is 7.81. The van der Waals surface area contributed by atoms with Crippen molar-refractivity contribution in [2.75, 3.05) is 32.0 Å². The lowest BCUT2D eigenvalue weighted by atomic mass is 9.86. The van der Waals surface area contributed by atoms with Gasteiger partial charge in [0.15, 0.2) is 17.3 Å². The fraction of sp³-hybridized carbons (Fsp3) is 0.375. The molecule has 0 saturated heterocycles. The quantitative estimate of drug-likeness (QED) is 0.749. The van der Waals surface area contributed by atoms with Gasteiger partial charge in [-0.25, -0.2) is 0 Å². The third kappa shape index (κ3) is 3.36. The molecule has 2 aliphatic rings. The van der Waals surface area contributed by atoms with Crippen molar-refractivity contribution in [1.82, 2.24) is 0 Å². The van der Waals surface area contributed by atoms with Crippen molar-refractivity contribution in [3.63, 3.8) is 0 Å². The Morgan fingerprint density at radius 2 is 1.50 bits per heavy atom. The van der Waals surface area contributed by atoms with Gasteiger partial charge in [-0.1, -0.05) is 0 Å². The first-order valence-corrected chi connectivity index (χ1v) is 10.2. The number of hydrogen-bond donors (Lipinski definition) is 2. The van der Waals surface area contributed by atoms with Crippen molar-refractivity contribution in [2.45, 2.75) is 39.2 Å². The number of carbonyl (C=O) groups is 1. The summed E-state index contributed by atoms with van der Waals surface area (Å²) in [6.07, 6.45) is 2.25. The van der Waals surface area contributed by atoms with Gasteiger partial charge in [-0.15, -0.1) is 0 Å². The molecule has 0 amide bonds. The van der Waals surface area contributed by atoms with Crippen LogP contribution in [0.25, 0.3) is 0 Å². The van der Waals surface area contributed by atoms with Crippen LogP contribution in [0.1, 0.15) is 42.0 Å². The predicted octanol–water partition coefficient (Wildman–Crippen LogP) is 4.92. The molecular weight excluding hydrogens is 380 g/mol. The van der Waals surface area contributed by atoms with Gasteiger partial charge in [0, 0.05) is 17.7 Å². The Bertz CT molecular complexity index is 1020. The Hall–Kier alpha value is -3.15. The maximum Gasteiger partial charge on any atom is 0.203 e. The molecule has 0 radical (unpaired) electrons. The van der Waals surface area contributed by atoms with Gasteiger partial charge in [0.1, 0.15) is 0 Å². The smallest absolute Gasteiger partial charge is 0.203 e. The van der Waals surface area contributed by atoms with Crippen molar-refractivity contribution in [2.24, 2.45) is 0 Å². The van der Waals surface area contributed by atoms with Crippen LogP contribution in [0, 0.1) is 13.8 Å². The van der Waals surface area contributed by atoms with E-state index in [4.69, 9.17) is 14.2 Å². The van der Waals surface area contributed by atoms with Crippen molar-refractivity contribution in [3.8, 4) is 17.2 Å². The fourth-order valence-electron chi connectivity index (χ4n) is 4.28. The van der Waals surface area contributed by atoms with Crippen LogP contribution in [0.2, 0.25) is 0 Å². The van der Waals surface area contributed by atoms with Crippen LogP contribution in [0.5, 0.6) is 17.2 Å². The molecule has 0 saturated carbocycles. The SMILES string of the molecule is COc1cc([C@@H]2Nc3cc(C)c(C)cc3NC3=C2C(=O)CCC3)cc(OC)c1OC. The lowest BCUT2D eigenvalue weighted by molar-refractivity contribution is -0.116. The maximum absolute atomic E-state index is 13.1. The molecule has 2 aromatic carbocycles. The number of carbonyl (C=O) groups excluding carboxylic acids is 1. The van der Waals surface area contributed by atoms with Crippen LogP contribution < -0.4 is 24.8 Å². The van der Waals surface area contributed by atoms with Gasteiger partial charge in [-0.2, -0.15) is 0 Å². The minimum atomic E-state index is -0.322. The van der Waals surface area contributed by atoms with Gasteiger partial charge in [-0.3, -0.25) is 4.79 Å². The first kappa shape index (κ1) is 20.1. The highest BCUT2D eigenvalue weighted by Crippen LogP contribution is 2.45. The average molecular weight is 408 g/mol. The number of hydrogen-bond acceptors (Lipinski definition) is 6. The highest BCUT2D eigenvalue weighted by atomic mass is 16.5. The zero-order chi connectivity index (χ0) is 21.4. The number of nitrogens with one attached hydrogen (secondary N) is 2. The molecule has 30 heavy (non-hydrogen) atoms. The Kier molecular flexibility index (Phi) is 5.33. The first-order valence-electron chi connectivity index (χ1n) is 10.2. The second-order valence-corrected chi connectivity index (χ2v) is 7.81. The van der Waals surface area contributed by atoms with Gasteiger partial charge in [-0.05, 0) is 67.6 Å². The summed E-state index contributed by atoms with van der Waals surface area (Å²) >= 11 is 0. The number of aryl methyl sites for hydroxylation is 2. The maximum atomic E-state index is 13.1. The number of anilines is 2. The van der Waals surface area contributed by atoms with Crippen LogP contribution in [0.15, 0.2) is 35.5 Å². The predicted molar refractivity (Wildman–Crippen MR) is 118 cm³/mol. The zero-order valence-corrected chi connectivity index (χ0v) is 18.1. The lowest BCUT2D eigenvalue weighted by Crippen LogP contribution is -2.23. The highest BCUT2D eigenvalue weighted by molar-refractivity contribution is 6.00. The molecule has 0 unspecified atom stereocenters. The number of benzene rings is 2. The van der Waals surface area contributed by atoms with E-state index in [0.717, 1.165) is 41.1 Å². The fourth-order valence-corrected chi connectivity index (χ4v) is 4.28. The Balaban J connectivity index is 1.92. The molecule has 0 fully saturated rings. The van der Waals surface area contributed by atoms with E-state index >= 15 is 0 Å². The molecule has 6 heteroatoms. The number of fused-ring (bicyclic) bond motifs is 1. The topological polar surface area (TPSA) is 68.8 Å². The summed E-state index contributed by atoms with van der Waals surface area (Å²) < 4.78 is 16.6. The summed E-state index contributed by atoms with van der Waals surface area (Å²) in [6.45, 7) is 4.19. The van der Waals surface area contributed by atoms with Crippen LogP contribution in [-0.4, -0.2) is 27.1 Å². The third-order valence-electron chi connectivity index (χ3n) is 5.98. The molecule has 1 aliphatic carbocycles. The van der Waals surface area contributed by atoms with Crippen molar-refractivity contribution >= 4 is 17.2 Å². The van der Waals surface area contributed by atoms with Gasteiger partial charge in [0.25, 0.3) is 0 Å². The molecule has 6 nitrogen and oxygen atoms in total. The van der Waals surface area contributed by atoms with E-state index < -0.39 is 0 Å². The van der Waals surface area contributed by atoms with E-state index in [9.17, 15) is 4.79 Å². The molecule has 4 rings (SSSR count). The van der Waals surface area contributed by atoms with Gasteiger partial charge < -0.3 is 24.8 Å². The number of methoxy groups -OCH3 is 3. The Morgan fingerprint density at radius 3 is 2.10 bits per heavy atom. The summed E-state index contributed by atoms with van der Waals surface area (Å²) in [5.41, 5.74) is 7.02. The van der Waals surface area contributed by atoms with Crippen LogP contribution in [-0.2, 0) is 4.79 Å². The number of ketones is 1. The van der Waals surface area contributed by atoms with Gasteiger partial charge in [0.05, 0.1) is 38.7 Å². The molecule has 2 aromatic rings. The van der Waals surface area contributed by atoms with E-state index in [2.05, 4.69) is 36.6 Å². The molecule has 0 bridgehead atoms. The van der Waals surface area contributed by atoms with Crippen molar-refractivity contribution in [1.29, 1.82) is 0 Å². The summed E-state index contributed by atoms with van der Waals surface area (Å²) in [5, 5.41) is 7.17. The lowest BCUT2D eigenvalue weighted by Gasteiger charge is -2.26. The van der Waals surface area contributed by atoms with Crippen molar-refractivity contribution < 1.29 is 19.0 Å². The van der Waals surface area contributed by atoms with Crippen LogP contribution >= 0.6 is 0 Å². The summed E-state index contributed by atoms with van der Waals surface area (Å²) in [5.74, 6) is 1.83. The van der Waals surface area contributed by atoms with E-state index in [0.29, 0.717) is 23.7 Å². The molecule has 1 aliphatic heterocycles. The Morgan fingerprint density at radius 1 is 0.867 bits per heavy atom. The molecule has 1 atom stereocenters. The summed E-state index contributed by atoms with van der Waals surface area (Å²) in [4.78, 5) is 13.1. The van der Waals surface area contributed by atoms with Gasteiger partial charge >= 0.3 is 0 Å². The minimum Gasteiger partial charge on any atom is -0.493 e. The average Bonchev–Trinajstić information content (AvgIpc) is 2.90. The van der Waals surface area contributed by atoms with Crippen LogP contribution in [0.4, 0.5) is 11.4 Å². The number of rotatable bonds is 4. The molecule has 158 valence electrons. The summed E-state index contributed by atoms with van der Waals surface area (Å²) in [6, 6.07) is 7.77. The van der Waals surface area contributed by atoms with E-state index in [-0.39, 0.29) is 11.8 Å². The number of ether oxygens (including phenoxy) is 3. The monoisotopic (exact) mass is 408 g/mol. The molecular formula is C24H28N2O4. The molecule has 2 N–H and O–H groups in total. The van der Waals surface area contributed by atoms with E-state index in [1.165, 1.54) is 11.1 Å². The number of Topliss-reactive ketones (excluding diaryl/α,β-unsaturated/α-hetero) is 1. The first-order chi connectivity index (χ1) is 14.5. The molecule has 0 spiro atoms. The minimum absolute atomic E-state index is 0.163. The van der Waals surface area contributed by atoms with Gasteiger partial charge in [0.2, 0.25) is 5.75 Å². The summed E-state index contributed by atoms with van der Waals surface area (Å²) in [7, 11) is 4.78. The standard InChI is InChI=1S/C24H28N2O4/c1-13-9-17-18(10-14(13)2)26-23(22-16(25-17)7-6-8-19(22)27)15-11-20(28-3)24(30-5)21(12-15)29-4/h9-12,23,25-26H,6-8H2,1-5H3/t23-/m0/s1. The van der Waals surface area contributed by atoms with Crippen LogP contribution in [0.3, 0.4) is 0 Å². The van der Waals surface area contributed by atoms with E-state index in [1.807, 2.05) is 12.1 Å². The van der Waals surface area contributed by atoms with Crippen molar-refractivity contribution in [3.05, 3.63) is 52.2 Å². The molecule has 0 aromatic heterocycles. The number of allylic oxidation sites excluding steroid dienone is 1. The Labute approximate surface area is 177 Å². The normalized spacial score (nSPS) is 17.9. The highest BCUT2D eigenvalue weighted by Gasteiger charge is 2.33. The molecule has 1 heterocycles. The second kappa shape index (κ2) is 7.94. The zero-order valence-electron chi connectivity index (χ0n) is 18.1.